The van der Waals surface area contributed by atoms with E-state index < -0.39 is 12.1 Å². The number of hydrogen-bond acceptors (Lipinski definition) is 6. The molecule has 0 aliphatic carbocycles. The molecule has 6 rings (SSSR count). The Balaban J connectivity index is 1.17. The molecular weight excluding hydrogens is 762 g/mol. The fourth-order valence-corrected chi connectivity index (χ4v) is 7.52. The number of aromatic nitrogens is 2. The number of nitrogens with zero attached hydrogens (tertiary/aromatic N) is 5. The van der Waals surface area contributed by atoms with Gasteiger partial charge in [-0.3, -0.25) is 0 Å². The molecule has 1 aromatic heterocycles. The lowest BCUT2D eigenvalue weighted by Gasteiger charge is -2.37. The number of carbonyl (C=O) groups excluding carboxylic acids is 2. The Kier molecular flexibility index (Phi) is 11.3. The normalized spacial score (nSPS) is 16.5. The van der Waals surface area contributed by atoms with Crippen LogP contribution in [0.1, 0.15) is 42.3 Å². The van der Waals surface area contributed by atoms with Crippen molar-refractivity contribution >= 4 is 72.3 Å². The van der Waals surface area contributed by atoms with E-state index >= 15 is 0 Å². The fourth-order valence-electron chi connectivity index (χ4n) is 6.58. The van der Waals surface area contributed by atoms with Gasteiger partial charge in [0.25, 0.3) is 0 Å². The lowest BCUT2D eigenvalue weighted by atomic mass is 10.0. The number of urea groups is 1. The number of piperidine rings is 1. The van der Waals surface area contributed by atoms with Crippen LogP contribution in [0.2, 0.25) is 5.02 Å². The number of halogens is 3. The van der Waals surface area contributed by atoms with Crippen molar-refractivity contribution in [1.82, 2.24) is 29.7 Å². The summed E-state index contributed by atoms with van der Waals surface area (Å²) in [7, 11) is 4.10. The van der Waals surface area contributed by atoms with Crippen LogP contribution in [0.25, 0.3) is 11.0 Å². The first kappa shape index (κ1) is 34.7. The van der Waals surface area contributed by atoms with Crippen LogP contribution in [0.3, 0.4) is 0 Å². The number of rotatable bonds is 10. The molecule has 4 aromatic rings. The third-order valence-corrected chi connectivity index (χ3v) is 11.2. The summed E-state index contributed by atoms with van der Waals surface area (Å²) in [4.78, 5) is 41.6. The van der Waals surface area contributed by atoms with Crippen molar-refractivity contribution in [3.8, 4) is 0 Å². The summed E-state index contributed by atoms with van der Waals surface area (Å²) in [5.41, 5.74) is 4.67. The van der Waals surface area contributed by atoms with Gasteiger partial charge in [-0.05, 0) is 120 Å². The maximum absolute atomic E-state index is 13.6. The van der Waals surface area contributed by atoms with Gasteiger partial charge in [-0.2, -0.15) is 0 Å². The molecule has 1 fully saturated rings. The maximum atomic E-state index is 13.6. The van der Waals surface area contributed by atoms with Crippen LogP contribution in [0.15, 0.2) is 69.6 Å². The molecule has 2 N–H and O–H groups in total. The molecule has 0 radical (unpaired) electrons. The number of aryl methyl sites for hydroxylation is 1. The Bertz CT molecular complexity index is 1780. The number of benzene rings is 3. The van der Waals surface area contributed by atoms with Crippen molar-refractivity contribution in [2.45, 2.75) is 50.7 Å². The van der Waals surface area contributed by atoms with Gasteiger partial charge in [0.2, 0.25) is 0 Å². The molecule has 13 heteroatoms. The highest BCUT2D eigenvalue weighted by molar-refractivity contribution is 9.13. The lowest BCUT2D eigenvalue weighted by Crippen LogP contribution is -2.49. The highest BCUT2D eigenvalue weighted by Crippen LogP contribution is 2.31. The number of hydrogen-bond donors (Lipinski definition) is 2. The molecule has 3 aromatic carbocycles. The predicted octanol–water partition coefficient (Wildman–Crippen LogP) is 7.65. The first-order valence-corrected chi connectivity index (χ1v) is 18.2. The van der Waals surface area contributed by atoms with Gasteiger partial charge in [-0.25, -0.2) is 14.6 Å². The molecule has 0 bridgehead atoms. The molecule has 3 heterocycles. The van der Waals surface area contributed by atoms with Crippen molar-refractivity contribution in [2.24, 2.45) is 0 Å². The second kappa shape index (κ2) is 15.6. The molecule has 1 atom stereocenters. The molecule has 0 saturated carbocycles. The number of para-hydroxylation sites is 2. The number of nitrogens with one attached hydrogen (secondary N) is 2. The van der Waals surface area contributed by atoms with E-state index in [1.54, 1.807) is 5.06 Å². The number of anilines is 1. The highest BCUT2D eigenvalue weighted by atomic mass is 79.9. The third kappa shape index (κ3) is 8.16. The number of fused-ring (bicyclic) bond motifs is 2. The summed E-state index contributed by atoms with van der Waals surface area (Å²) in [5.74, 6) is 0.722. The van der Waals surface area contributed by atoms with Crippen molar-refractivity contribution in [1.29, 1.82) is 0 Å². The SMILES string of the molecule is CN(C)CCCn1c(C(Cc2ccc(Br)c(Br)c2)NC(=O)ON2CCC(N3CCc4ccccc4NC3=O)CC2)nc2cccc(Cl)c21. The molecule has 1 saturated heterocycles. The monoisotopic (exact) mass is 799 g/mol. The fraction of sp³-hybridized carbons (Fsp3) is 0.400. The zero-order valence-electron chi connectivity index (χ0n) is 27.1. The number of carbonyl (C=O) groups is 2. The van der Waals surface area contributed by atoms with E-state index in [0.717, 1.165) is 62.0 Å². The quantitative estimate of drug-likeness (QED) is 0.171. The standard InChI is InChI=1S/C35H40Br2ClN7O3/c1-42(2)16-6-17-45-32-28(38)8-5-10-30(32)39-33(45)31(22-23-11-12-26(36)27(37)21-23)41-35(47)48-43-18-14-25(15-19-43)44-20-13-24-7-3-4-9-29(24)40-34(44)46/h3-5,7-12,21,25,31H,6,13-20,22H2,1-2H3,(H,40,46)(H,41,47). The summed E-state index contributed by atoms with van der Waals surface area (Å²) in [6.07, 6.45) is 3.03. The zero-order valence-corrected chi connectivity index (χ0v) is 31.0. The summed E-state index contributed by atoms with van der Waals surface area (Å²) < 4.78 is 4.01. The molecule has 0 spiro atoms. The van der Waals surface area contributed by atoms with Gasteiger partial charge < -0.3 is 29.8 Å². The van der Waals surface area contributed by atoms with E-state index in [0.29, 0.717) is 50.5 Å². The van der Waals surface area contributed by atoms with Gasteiger partial charge in [0, 0.05) is 53.3 Å². The Labute approximate surface area is 303 Å². The van der Waals surface area contributed by atoms with Crippen LogP contribution in [0.4, 0.5) is 15.3 Å². The Morgan fingerprint density at radius 3 is 2.65 bits per heavy atom. The van der Waals surface area contributed by atoms with Crippen molar-refractivity contribution in [3.63, 3.8) is 0 Å². The topological polar surface area (TPSA) is 95.0 Å². The Hall–Kier alpha value is -3.16. The average Bonchev–Trinajstić information content (AvgIpc) is 3.34. The van der Waals surface area contributed by atoms with E-state index in [2.05, 4.69) is 72.1 Å². The minimum Gasteiger partial charge on any atom is -0.351 e. The third-order valence-electron chi connectivity index (χ3n) is 8.98. The molecule has 2 aliphatic rings. The molecule has 2 aliphatic heterocycles. The van der Waals surface area contributed by atoms with Crippen LogP contribution in [0.5, 0.6) is 0 Å². The number of amides is 3. The van der Waals surface area contributed by atoms with Gasteiger partial charge in [0.05, 0.1) is 22.1 Å². The van der Waals surface area contributed by atoms with Gasteiger partial charge in [-0.15, -0.1) is 5.06 Å². The highest BCUT2D eigenvalue weighted by Gasteiger charge is 2.32. The molecule has 10 nitrogen and oxygen atoms in total. The Morgan fingerprint density at radius 1 is 1.08 bits per heavy atom. The minimum atomic E-state index is -0.546. The van der Waals surface area contributed by atoms with E-state index in [-0.39, 0.29) is 12.1 Å². The smallest absolute Gasteiger partial charge is 0.351 e. The second-order valence-electron chi connectivity index (χ2n) is 12.6. The van der Waals surface area contributed by atoms with E-state index in [4.69, 9.17) is 21.4 Å². The van der Waals surface area contributed by atoms with Crippen molar-refractivity contribution in [2.75, 3.05) is 45.6 Å². The molecule has 254 valence electrons. The van der Waals surface area contributed by atoms with E-state index in [9.17, 15) is 9.59 Å². The van der Waals surface area contributed by atoms with Crippen LogP contribution >= 0.6 is 43.5 Å². The molecular formula is C35H40Br2ClN7O3. The van der Waals surface area contributed by atoms with Crippen LogP contribution in [-0.2, 0) is 24.2 Å². The maximum Gasteiger partial charge on any atom is 0.426 e. The summed E-state index contributed by atoms with van der Waals surface area (Å²) in [6, 6.07) is 19.2. The zero-order chi connectivity index (χ0) is 33.8. The average molecular weight is 802 g/mol. The molecule has 1 unspecified atom stereocenters. The predicted molar refractivity (Wildman–Crippen MR) is 196 cm³/mol. The van der Waals surface area contributed by atoms with Gasteiger partial charge in [0.15, 0.2) is 0 Å². The molecule has 48 heavy (non-hydrogen) atoms. The van der Waals surface area contributed by atoms with Crippen LogP contribution in [-0.4, -0.2) is 82.9 Å². The van der Waals surface area contributed by atoms with Gasteiger partial charge in [-0.1, -0.05) is 41.9 Å². The number of imidazole rings is 1. The summed E-state index contributed by atoms with van der Waals surface area (Å²) in [5, 5.41) is 8.52. The van der Waals surface area contributed by atoms with Crippen LogP contribution < -0.4 is 10.6 Å². The van der Waals surface area contributed by atoms with Crippen molar-refractivity contribution < 1.29 is 14.4 Å². The van der Waals surface area contributed by atoms with Crippen LogP contribution in [0, 0.1) is 0 Å². The van der Waals surface area contributed by atoms with Gasteiger partial charge in [0.1, 0.15) is 5.82 Å². The molecule has 3 amide bonds. The number of hydroxylamine groups is 2. The van der Waals surface area contributed by atoms with E-state index in [1.165, 1.54) is 0 Å². The minimum absolute atomic E-state index is 0.0673. The Morgan fingerprint density at radius 2 is 1.88 bits per heavy atom. The first-order chi connectivity index (χ1) is 23.2. The largest absolute Gasteiger partial charge is 0.426 e. The summed E-state index contributed by atoms with van der Waals surface area (Å²) >= 11 is 13.9. The van der Waals surface area contributed by atoms with Gasteiger partial charge >= 0.3 is 12.1 Å². The van der Waals surface area contributed by atoms with Crippen molar-refractivity contribution in [3.05, 3.63) is 91.6 Å². The second-order valence-corrected chi connectivity index (χ2v) is 14.7. The van der Waals surface area contributed by atoms with E-state index in [1.807, 2.05) is 59.5 Å². The lowest BCUT2D eigenvalue weighted by molar-refractivity contribution is -0.120. The first-order valence-electron chi connectivity index (χ1n) is 16.3. The summed E-state index contributed by atoms with van der Waals surface area (Å²) in [6.45, 7) is 3.29.